The number of nitrogens with zero attached hydrogens (tertiary/aromatic N) is 1. The number of amides is 2. The third kappa shape index (κ3) is 7.97. The maximum atomic E-state index is 12.5. The van der Waals surface area contributed by atoms with E-state index in [1.807, 2.05) is 13.8 Å². The summed E-state index contributed by atoms with van der Waals surface area (Å²) in [4.78, 5) is 26.7. The summed E-state index contributed by atoms with van der Waals surface area (Å²) in [6.45, 7) is 13.9. The van der Waals surface area contributed by atoms with Gasteiger partial charge in [-0.25, -0.2) is 4.79 Å². The molecule has 1 heterocycles. The van der Waals surface area contributed by atoms with Crippen LogP contribution in [0.15, 0.2) is 0 Å². The fraction of sp³-hybridized carbons (Fsp3) is 0.882. The molecule has 140 valence electrons. The summed E-state index contributed by atoms with van der Waals surface area (Å²) in [5.74, 6) is -0.135. The van der Waals surface area contributed by atoms with Crippen LogP contribution in [0.1, 0.15) is 41.0 Å². The average molecular weight is 343 g/mol. The molecule has 0 saturated carbocycles. The van der Waals surface area contributed by atoms with Gasteiger partial charge in [0.1, 0.15) is 11.6 Å². The lowest BCUT2D eigenvalue weighted by Gasteiger charge is -2.28. The van der Waals surface area contributed by atoms with Crippen molar-refractivity contribution in [2.24, 2.45) is 5.92 Å². The molecule has 1 aliphatic heterocycles. The zero-order valence-corrected chi connectivity index (χ0v) is 15.7. The van der Waals surface area contributed by atoms with Gasteiger partial charge in [0, 0.05) is 26.2 Å². The third-order valence-electron chi connectivity index (χ3n) is 4.00. The van der Waals surface area contributed by atoms with Crippen molar-refractivity contribution >= 4 is 12.0 Å². The van der Waals surface area contributed by atoms with Crippen LogP contribution in [0.5, 0.6) is 0 Å². The highest BCUT2D eigenvalue weighted by molar-refractivity contribution is 5.85. The zero-order valence-electron chi connectivity index (χ0n) is 15.7. The molecule has 7 heteroatoms. The molecule has 0 spiro atoms. The van der Waals surface area contributed by atoms with E-state index in [-0.39, 0.29) is 11.8 Å². The summed E-state index contributed by atoms with van der Waals surface area (Å²) < 4.78 is 10.6. The van der Waals surface area contributed by atoms with E-state index in [0.717, 1.165) is 39.3 Å². The first-order valence-corrected chi connectivity index (χ1v) is 8.80. The number of hydrogen-bond donors (Lipinski definition) is 2. The normalized spacial score (nSPS) is 18.5. The smallest absolute Gasteiger partial charge is 0.408 e. The van der Waals surface area contributed by atoms with Gasteiger partial charge >= 0.3 is 6.09 Å². The van der Waals surface area contributed by atoms with E-state index in [0.29, 0.717) is 6.54 Å². The molecule has 2 unspecified atom stereocenters. The van der Waals surface area contributed by atoms with E-state index in [4.69, 9.17) is 9.47 Å². The van der Waals surface area contributed by atoms with Gasteiger partial charge in [0.2, 0.25) is 5.91 Å². The maximum absolute atomic E-state index is 12.5. The first kappa shape index (κ1) is 20.7. The average Bonchev–Trinajstić information content (AvgIpc) is 2.51. The lowest BCUT2D eigenvalue weighted by atomic mass is 9.98. The van der Waals surface area contributed by atoms with Gasteiger partial charge in [0.25, 0.3) is 0 Å². The van der Waals surface area contributed by atoms with E-state index >= 15 is 0 Å². The van der Waals surface area contributed by atoms with Gasteiger partial charge in [-0.2, -0.15) is 0 Å². The van der Waals surface area contributed by atoms with Crippen LogP contribution >= 0.6 is 0 Å². The van der Waals surface area contributed by atoms with Gasteiger partial charge < -0.3 is 20.1 Å². The van der Waals surface area contributed by atoms with E-state index in [9.17, 15) is 9.59 Å². The molecule has 24 heavy (non-hydrogen) atoms. The number of morpholine rings is 1. The van der Waals surface area contributed by atoms with Crippen molar-refractivity contribution < 1.29 is 19.1 Å². The molecule has 1 aliphatic rings. The molecule has 2 atom stereocenters. The Hall–Kier alpha value is -1.34. The van der Waals surface area contributed by atoms with Gasteiger partial charge in [0.05, 0.1) is 13.2 Å². The molecule has 2 amide bonds. The number of carbonyl (C=O) groups is 2. The Labute approximate surface area is 145 Å². The third-order valence-corrected chi connectivity index (χ3v) is 4.00. The quantitative estimate of drug-likeness (QED) is 0.730. The standard InChI is InChI=1S/C17H33N3O4/c1-6-13(2)14(19-16(22)24-17(3,4)5)15(21)18-7-8-20-9-11-23-12-10-20/h13-14H,6-12H2,1-5H3,(H,18,21)(H,19,22). The van der Waals surface area contributed by atoms with Gasteiger partial charge in [-0.05, 0) is 26.7 Å². The fourth-order valence-corrected chi connectivity index (χ4v) is 2.41. The van der Waals surface area contributed by atoms with Crippen molar-refractivity contribution in [1.82, 2.24) is 15.5 Å². The Morgan fingerprint density at radius 3 is 2.42 bits per heavy atom. The van der Waals surface area contributed by atoms with Crippen LogP contribution < -0.4 is 10.6 Å². The molecule has 2 N–H and O–H groups in total. The Bertz CT molecular complexity index is 403. The van der Waals surface area contributed by atoms with E-state index in [1.54, 1.807) is 20.8 Å². The Kier molecular flexibility index (Phi) is 8.48. The lowest BCUT2D eigenvalue weighted by molar-refractivity contribution is -0.124. The molecular formula is C17H33N3O4. The number of alkyl carbamates (subject to hydrolysis) is 1. The molecular weight excluding hydrogens is 310 g/mol. The summed E-state index contributed by atoms with van der Waals surface area (Å²) in [6, 6.07) is -0.588. The molecule has 0 bridgehead atoms. The second-order valence-electron chi connectivity index (χ2n) is 7.25. The minimum Gasteiger partial charge on any atom is -0.444 e. The molecule has 0 radical (unpaired) electrons. The number of ether oxygens (including phenoxy) is 2. The summed E-state index contributed by atoms with van der Waals surface area (Å²) in [5, 5.41) is 5.63. The minimum atomic E-state index is -0.588. The predicted octanol–water partition coefficient (Wildman–Crippen LogP) is 1.37. The fourth-order valence-electron chi connectivity index (χ4n) is 2.41. The summed E-state index contributed by atoms with van der Waals surface area (Å²) >= 11 is 0. The first-order chi connectivity index (χ1) is 11.2. The maximum Gasteiger partial charge on any atom is 0.408 e. The molecule has 0 aromatic heterocycles. The van der Waals surface area contributed by atoms with Gasteiger partial charge in [-0.15, -0.1) is 0 Å². The van der Waals surface area contributed by atoms with Gasteiger partial charge in [0.15, 0.2) is 0 Å². The van der Waals surface area contributed by atoms with Crippen LogP contribution in [-0.2, 0) is 14.3 Å². The van der Waals surface area contributed by atoms with Crippen molar-refractivity contribution in [2.75, 3.05) is 39.4 Å². The SMILES string of the molecule is CCC(C)C(NC(=O)OC(C)(C)C)C(=O)NCCN1CCOCC1. The molecule has 7 nitrogen and oxygen atoms in total. The van der Waals surface area contributed by atoms with Crippen LogP contribution in [0.2, 0.25) is 0 Å². The zero-order chi connectivity index (χ0) is 18.2. The molecule has 1 fully saturated rings. The van der Waals surface area contributed by atoms with E-state index in [2.05, 4.69) is 15.5 Å². The first-order valence-electron chi connectivity index (χ1n) is 8.80. The summed E-state index contributed by atoms with van der Waals surface area (Å²) in [6.07, 6.45) is 0.230. The van der Waals surface area contributed by atoms with Crippen LogP contribution in [0.4, 0.5) is 4.79 Å². The summed E-state index contributed by atoms with van der Waals surface area (Å²) in [7, 11) is 0. The van der Waals surface area contributed by atoms with Crippen molar-refractivity contribution in [3.63, 3.8) is 0 Å². The van der Waals surface area contributed by atoms with Crippen molar-refractivity contribution in [3.8, 4) is 0 Å². The lowest BCUT2D eigenvalue weighted by Crippen LogP contribution is -2.52. The monoisotopic (exact) mass is 343 g/mol. The topological polar surface area (TPSA) is 79.9 Å². The highest BCUT2D eigenvalue weighted by Crippen LogP contribution is 2.11. The van der Waals surface area contributed by atoms with Crippen molar-refractivity contribution in [2.45, 2.75) is 52.7 Å². The Morgan fingerprint density at radius 1 is 1.25 bits per heavy atom. The highest BCUT2D eigenvalue weighted by atomic mass is 16.6. The Balaban J connectivity index is 2.47. The minimum absolute atomic E-state index is 0.0286. The Morgan fingerprint density at radius 2 is 1.88 bits per heavy atom. The van der Waals surface area contributed by atoms with E-state index < -0.39 is 17.7 Å². The largest absolute Gasteiger partial charge is 0.444 e. The molecule has 0 aliphatic carbocycles. The molecule has 0 aromatic carbocycles. The van der Waals surface area contributed by atoms with Crippen LogP contribution in [0.25, 0.3) is 0 Å². The number of nitrogens with one attached hydrogen (secondary N) is 2. The van der Waals surface area contributed by atoms with Gasteiger partial charge in [-0.1, -0.05) is 20.3 Å². The highest BCUT2D eigenvalue weighted by Gasteiger charge is 2.28. The second kappa shape index (κ2) is 9.84. The number of carbonyl (C=O) groups excluding carboxylic acids is 2. The van der Waals surface area contributed by atoms with Crippen molar-refractivity contribution in [3.05, 3.63) is 0 Å². The van der Waals surface area contributed by atoms with Crippen LogP contribution in [-0.4, -0.2) is 67.9 Å². The van der Waals surface area contributed by atoms with Gasteiger partial charge in [-0.3, -0.25) is 9.69 Å². The molecule has 0 aromatic rings. The molecule has 1 saturated heterocycles. The number of rotatable bonds is 7. The van der Waals surface area contributed by atoms with Crippen LogP contribution in [0.3, 0.4) is 0 Å². The van der Waals surface area contributed by atoms with E-state index in [1.165, 1.54) is 0 Å². The second-order valence-corrected chi connectivity index (χ2v) is 7.25. The van der Waals surface area contributed by atoms with Crippen molar-refractivity contribution in [1.29, 1.82) is 0 Å². The van der Waals surface area contributed by atoms with Crippen LogP contribution in [0, 0.1) is 5.92 Å². The summed E-state index contributed by atoms with van der Waals surface area (Å²) in [5.41, 5.74) is -0.586. The molecule has 1 rings (SSSR count). The number of hydrogen-bond acceptors (Lipinski definition) is 5. The predicted molar refractivity (Wildman–Crippen MR) is 92.9 cm³/mol.